The number of ether oxygens (including phenoxy) is 2. The molecule has 0 aromatic heterocycles. The Morgan fingerprint density at radius 2 is 2.08 bits per heavy atom. The second-order valence-corrected chi connectivity index (χ2v) is 7.96. The van der Waals surface area contributed by atoms with Gasteiger partial charge in [-0.25, -0.2) is 8.42 Å². The van der Waals surface area contributed by atoms with Crippen molar-refractivity contribution in [3.05, 3.63) is 18.2 Å². The van der Waals surface area contributed by atoms with Crippen LogP contribution in [0, 0.1) is 0 Å². The molecule has 0 spiro atoms. The normalized spacial score (nSPS) is 19.2. The first-order chi connectivity index (χ1) is 11.4. The Labute approximate surface area is 142 Å². The van der Waals surface area contributed by atoms with E-state index in [2.05, 4.69) is 5.32 Å². The summed E-state index contributed by atoms with van der Waals surface area (Å²) in [4.78, 5) is 14.3. The third kappa shape index (κ3) is 4.61. The Hall–Kier alpha value is -1.80. The predicted octanol–water partition coefficient (Wildman–Crippen LogP) is 1.15. The zero-order valence-electron chi connectivity index (χ0n) is 14.2. The highest BCUT2D eigenvalue weighted by molar-refractivity contribution is 7.91. The summed E-state index contributed by atoms with van der Waals surface area (Å²) in [5.74, 6) is 1.25. The molecule has 1 aliphatic heterocycles. The maximum atomic E-state index is 12.4. The number of rotatable bonds is 7. The Morgan fingerprint density at radius 1 is 1.33 bits per heavy atom. The van der Waals surface area contributed by atoms with Crippen molar-refractivity contribution in [1.29, 1.82) is 0 Å². The minimum atomic E-state index is -2.97. The number of amides is 1. The SMILES string of the molecule is CCN(CC(=O)Nc1cc(OC)ccc1OC)C1CCS(=O)(=O)C1. The predicted molar refractivity (Wildman–Crippen MR) is 92.5 cm³/mol. The van der Waals surface area contributed by atoms with Crippen LogP contribution in [0.2, 0.25) is 0 Å². The van der Waals surface area contributed by atoms with Gasteiger partial charge in [-0.1, -0.05) is 6.92 Å². The summed E-state index contributed by atoms with van der Waals surface area (Å²) in [7, 11) is 0.101. The van der Waals surface area contributed by atoms with Crippen molar-refractivity contribution in [3.8, 4) is 11.5 Å². The molecule has 2 rings (SSSR count). The highest BCUT2D eigenvalue weighted by Crippen LogP contribution is 2.29. The first-order valence-corrected chi connectivity index (χ1v) is 9.67. The number of carbonyl (C=O) groups is 1. The molecule has 1 aromatic carbocycles. The summed E-state index contributed by atoms with van der Waals surface area (Å²) in [6.45, 7) is 2.67. The van der Waals surface area contributed by atoms with Crippen LogP contribution in [0.3, 0.4) is 0 Å². The van der Waals surface area contributed by atoms with Crippen LogP contribution in [0.4, 0.5) is 5.69 Å². The molecule has 1 aromatic rings. The number of carbonyl (C=O) groups excluding carboxylic acids is 1. The zero-order chi connectivity index (χ0) is 17.7. The highest BCUT2D eigenvalue weighted by Gasteiger charge is 2.32. The van der Waals surface area contributed by atoms with E-state index in [0.29, 0.717) is 30.2 Å². The van der Waals surface area contributed by atoms with E-state index in [-0.39, 0.29) is 30.0 Å². The standard InChI is InChI=1S/C16H24N2O5S/c1-4-18(12-7-8-24(20,21)11-12)10-16(19)17-14-9-13(22-2)5-6-15(14)23-3/h5-6,9,12H,4,7-8,10-11H2,1-3H3,(H,17,19). The van der Waals surface area contributed by atoms with Crippen LogP contribution in [0.5, 0.6) is 11.5 Å². The summed E-state index contributed by atoms with van der Waals surface area (Å²) < 4.78 is 33.7. The van der Waals surface area contributed by atoms with Crippen LogP contribution in [-0.4, -0.2) is 64.1 Å². The lowest BCUT2D eigenvalue weighted by Crippen LogP contribution is -2.41. The maximum Gasteiger partial charge on any atom is 0.238 e. The summed E-state index contributed by atoms with van der Waals surface area (Å²) in [6, 6.07) is 5.05. The van der Waals surface area contributed by atoms with Crippen LogP contribution >= 0.6 is 0 Å². The summed E-state index contributed by atoms with van der Waals surface area (Å²) in [5, 5.41) is 2.81. The van der Waals surface area contributed by atoms with Crippen LogP contribution in [0.1, 0.15) is 13.3 Å². The van der Waals surface area contributed by atoms with Gasteiger partial charge < -0.3 is 14.8 Å². The summed E-state index contributed by atoms with van der Waals surface area (Å²) in [6.07, 6.45) is 0.575. The van der Waals surface area contributed by atoms with E-state index in [0.717, 1.165) is 0 Å². The van der Waals surface area contributed by atoms with Crippen molar-refractivity contribution >= 4 is 21.4 Å². The molecule has 8 heteroatoms. The van der Waals surface area contributed by atoms with Crippen molar-refractivity contribution in [1.82, 2.24) is 4.90 Å². The van der Waals surface area contributed by atoms with Crippen molar-refractivity contribution < 1.29 is 22.7 Å². The van der Waals surface area contributed by atoms with E-state index in [1.807, 2.05) is 11.8 Å². The Balaban J connectivity index is 2.04. The molecule has 134 valence electrons. The number of nitrogens with one attached hydrogen (secondary N) is 1. The van der Waals surface area contributed by atoms with Gasteiger partial charge in [-0.15, -0.1) is 0 Å². The maximum absolute atomic E-state index is 12.4. The van der Waals surface area contributed by atoms with Crippen LogP contribution in [-0.2, 0) is 14.6 Å². The number of anilines is 1. The number of hydrogen-bond donors (Lipinski definition) is 1. The molecule has 1 N–H and O–H groups in total. The largest absolute Gasteiger partial charge is 0.497 e. The molecule has 1 unspecified atom stereocenters. The number of methoxy groups -OCH3 is 2. The van der Waals surface area contributed by atoms with Gasteiger partial charge in [0.2, 0.25) is 5.91 Å². The molecule has 0 saturated carbocycles. The lowest BCUT2D eigenvalue weighted by molar-refractivity contribution is -0.117. The second kappa shape index (κ2) is 7.85. The number of hydrogen-bond acceptors (Lipinski definition) is 6. The van der Waals surface area contributed by atoms with Gasteiger partial charge in [0.1, 0.15) is 11.5 Å². The molecular formula is C16H24N2O5S. The van der Waals surface area contributed by atoms with Gasteiger partial charge in [0.25, 0.3) is 0 Å². The van der Waals surface area contributed by atoms with Crippen LogP contribution in [0.25, 0.3) is 0 Å². The second-order valence-electron chi connectivity index (χ2n) is 5.73. The Bertz CT molecular complexity index is 690. The average Bonchev–Trinajstić information content (AvgIpc) is 2.92. The number of sulfone groups is 1. The molecule has 1 atom stereocenters. The van der Waals surface area contributed by atoms with E-state index in [9.17, 15) is 13.2 Å². The smallest absolute Gasteiger partial charge is 0.238 e. The molecule has 1 aliphatic rings. The molecule has 0 bridgehead atoms. The van der Waals surface area contributed by atoms with Crippen LogP contribution < -0.4 is 14.8 Å². The van der Waals surface area contributed by atoms with Gasteiger partial charge in [-0.3, -0.25) is 9.69 Å². The molecule has 24 heavy (non-hydrogen) atoms. The molecule has 1 amide bonds. The van der Waals surface area contributed by atoms with Gasteiger partial charge in [-0.05, 0) is 25.1 Å². The third-order valence-electron chi connectivity index (χ3n) is 4.16. The number of nitrogens with zero attached hydrogens (tertiary/aromatic N) is 1. The molecule has 1 fully saturated rings. The molecule has 0 aliphatic carbocycles. The van der Waals surface area contributed by atoms with Gasteiger partial charge in [0, 0.05) is 12.1 Å². The van der Waals surface area contributed by atoms with Gasteiger partial charge in [0.15, 0.2) is 9.84 Å². The fraction of sp³-hybridized carbons (Fsp3) is 0.562. The van der Waals surface area contributed by atoms with Crippen molar-refractivity contribution in [2.45, 2.75) is 19.4 Å². The van der Waals surface area contributed by atoms with Crippen LogP contribution in [0.15, 0.2) is 18.2 Å². The quantitative estimate of drug-likeness (QED) is 0.789. The molecular weight excluding hydrogens is 332 g/mol. The molecule has 1 saturated heterocycles. The fourth-order valence-electron chi connectivity index (χ4n) is 2.85. The zero-order valence-corrected chi connectivity index (χ0v) is 15.1. The molecule has 1 heterocycles. The van der Waals surface area contributed by atoms with Gasteiger partial charge >= 0.3 is 0 Å². The minimum absolute atomic E-state index is 0.0991. The minimum Gasteiger partial charge on any atom is -0.497 e. The molecule has 7 nitrogen and oxygen atoms in total. The van der Waals surface area contributed by atoms with E-state index >= 15 is 0 Å². The number of benzene rings is 1. The lowest BCUT2D eigenvalue weighted by atomic mass is 10.2. The Kier molecular flexibility index (Phi) is 6.06. The first kappa shape index (κ1) is 18.5. The first-order valence-electron chi connectivity index (χ1n) is 7.85. The Morgan fingerprint density at radius 3 is 2.62 bits per heavy atom. The average molecular weight is 356 g/mol. The number of likely N-dealkylation sites (N-methyl/N-ethyl adjacent to an activating group) is 1. The van der Waals surface area contributed by atoms with Crippen molar-refractivity contribution in [2.24, 2.45) is 0 Å². The van der Waals surface area contributed by atoms with Crippen molar-refractivity contribution in [3.63, 3.8) is 0 Å². The lowest BCUT2D eigenvalue weighted by Gasteiger charge is -2.25. The fourth-order valence-corrected chi connectivity index (χ4v) is 4.61. The summed E-state index contributed by atoms with van der Waals surface area (Å²) in [5.41, 5.74) is 0.525. The third-order valence-corrected chi connectivity index (χ3v) is 5.91. The highest BCUT2D eigenvalue weighted by atomic mass is 32.2. The van der Waals surface area contributed by atoms with E-state index < -0.39 is 9.84 Å². The van der Waals surface area contributed by atoms with Gasteiger partial charge in [-0.2, -0.15) is 0 Å². The van der Waals surface area contributed by atoms with Crippen molar-refractivity contribution in [2.75, 3.05) is 44.1 Å². The van der Waals surface area contributed by atoms with E-state index in [1.54, 1.807) is 25.3 Å². The summed E-state index contributed by atoms with van der Waals surface area (Å²) >= 11 is 0. The topological polar surface area (TPSA) is 84.9 Å². The monoisotopic (exact) mass is 356 g/mol. The van der Waals surface area contributed by atoms with E-state index in [1.165, 1.54) is 7.11 Å². The van der Waals surface area contributed by atoms with E-state index in [4.69, 9.17) is 9.47 Å². The van der Waals surface area contributed by atoms with Gasteiger partial charge in [0.05, 0.1) is 38.0 Å². The molecule has 0 radical (unpaired) electrons.